The van der Waals surface area contributed by atoms with Crippen molar-refractivity contribution < 1.29 is 27.5 Å². The second kappa shape index (κ2) is 6.73. The van der Waals surface area contributed by atoms with Crippen LogP contribution in [0.25, 0.3) is 0 Å². The van der Waals surface area contributed by atoms with Crippen LogP contribution >= 0.6 is 11.3 Å². The van der Waals surface area contributed by atoms with Crippen molar-refractivity contribution in [2.45, 2.75) is 13.1 Å². The van der Waals surface area contributed by atoms with Crippen LogP contribution in [-0.4, -0.2) is 34.4 Å². The van der Waals surface area contributed by atoms with Crippen molar-refractivity contribution in [3.05, 3.63) is 35.0 Å². The number of carbonyl (C=O) groups is 2. The van der Waals surface area contributed by atoms with Crippen molar-refractivity contribution in [2.24, 2.45) is 0 Å². The molecule has 1 amide bonds. The second-order valence-corrected chi connectivity index (χ2v) is 5.17. The Morgan fingerprint density at radius 1 is 1.39 bits per heavy atom. The number of hydrogen-bond acceptors (Lipinski definition) is 6. The Kier molecular flexibility index (Phi) is 4.94. The summed E-state index contributed by atoms with van der Waals surface area (Å²) in [5.41, 5.74) is 0.0151. The van der Waals surface area contributed by atoms with E-state index >= 15 is 0 Å². The molecular weight excluding hydrogens is 335 g/mol. The van der Waals surface area contributed by atoms with Gasteiger partial charge in [-0.25, -0.2) is 9.97 Å². The fourth-order valence-electron chi connectivity index (χ4n) is 1.49. The van der Waals surface area contributed by atoms with Gasteiger partial charge in [-0.05, 0) is 12.1 Å². The molecule has 0 aliphatic rings. The summed E-state index contributed by atoms with van der Waals surface area (Å²) < 4.78 is 41.2. The van der Waals surface area contributed by atoms with Crippen LogP contribution in [-0.2, 0) is 0 Å². The van der Waals surface area contributed by atoms with E-state index < -0.39 is 24.6 Å². The molecule has 2 heterocycles. The zero-order chi connectivity index (χ0) is 17.0. The van der Waals surface area contributed by atoms with Crippen LogP contribution in [0.2, 0.25) is 0 Å². The highest BCUT2D eigenvalue weighted by Crippen LogP contribution is 2.22. The van der Waals surface area contributed by atoms with Gasteiger partial charge in [0.25, 0.3) is 5.91 Å². The fraction of sp³-hybridized carbons (Fsp3) is 0.231. The largest absolute Gasteiger partial charge is 0.467 e. The average Bonchev–Trinajstić information content (AvgIpc) is 2.93. The first kappa shape index (κ1) is 16.9. The van der Waals surface area contributed by atoms with Gasteiger partial charge in [0.05, 0.1) is 0 Å². The summed E-state index contributed by atoms with van der Waals surface area (Å²) in [5, 5.41) is 3.99. The maximum Gasteiger partial charge on any atom is 0.422 e. The van der Waals surface area contributed by atoms with E-state index in [1.165, 1.54) is 30.6 Å². The van der Waals surface area contributed by atoms with E-state index in [-0.39, 0.29) is 22.2 Å². The van der Waals surface area contributed by atoms with Gasteiger partial charge >= 0.3 is 6.18 Å². The molecule has 1 N–H and O–H groups in total. The normalized spacial score (nSPS) is 11.1. The number of alkyl halides is 3. The molecular formula is C13H10F3N3O3S. The number of rotatable bonds is 5. The lowest BCUT2D eigenvalue weighted by Gasteiger charge is -2.11. The molecule has 0 saturated carbocycles. The van der Waals surface area contributed by atoms with E-state index in [0.717, 1.165) is 11.3 Å². The quantitative estimate of drug-likeness (QED) is 0.843. The molecule has 0 aliphatic heterocycles. The van der Waals surface area contributed by atoms with Crippen LogP contribution in [0.3, 0.4) is 0 Å². The van der Waals surface area contributed by atoms with Gasteiger partial charge < -0.3 is 4.74 Å². The molecule has 0 bridgehead atoms. The van der Waals surface area contributed by atoms with Crippen molar-refractivity contribution in [3.63, 3.8) is 0 Å². The summed E-state index contributed by atoms with van der Waals surface area (Å²) in [6.45, 7) is -0.235. The molecule has 23 heavy (non-hydrogen) atoms. The third-order valence-corrected chi connectivity index (χ3v) is 3.23. The zero-order valence-corrected chi connectivity index (χ0v) is 12.5. The molecule has 2 aromatic rings. The summed E-state index contributed by atoms with van der Waals surface area (Å²) in [4.78, 5) is 30.8. The Morgan fingerprint density at radius 3 is 2.74 bits per heavy atom. The Hall–Kier alpha value is -2.49. The molecule has 2 aromatic heterocycles. The third kappa shape index (κ3) is 4.74. The molecule has 2 rings (SSSR count). The van der Waals surface area contributed by atoms with Gasteiger partial charge in [-0.2, -0.15) is 13.2 Å². The Balaban J connectivity index is 2.13. The molecule has 10 heteroatoms. The third-order valence-electron chi connectivity index (χ3n) is 2.47. The minimum atomic E-state index is -4.54. The Morgan fingerprint density at radius 2 is 2.13 bits per heavy atom. The van der Waals surface area contributed by atoms with Gasteiger partial charge in [0.15, 0.2) is 17.5 Å². The lowest BCUT2D eigenvalue weighted by atomic mass is 10.2. The van der Waals surface area contributed by atoms with Crippen LogP contribution in [0, 0.1) is 0 Å². The summed E-state index contributed by atoms with van der Waals surface area (Å²) >= 11 is 1.02. The van der Waals surface area contributed by atoms with Gasteiger partial charge in [-0.3, -0.25) is 14.9 Å². The van der Waals surface area contributed by atoms with Crippen molar-refractivity contribution in [3.8, 4) is 5.88 Å². The smallest absolute Gasteiger partial charge is 0.422 e. The highest BCUT2D eigenvalue weighted by atomic mass is 32.1. The lowest BCUT2D eigenvalue weighted by molar-refractivity contribution is -0.154. The van der Waals surface area contributed by atoms with Crippen molar-refractivity contribution >= 4 is 28.2 Å². The minimum absolute atomic E-state index is 0.144. The topological polar surface area (TPSA) is 81.2 Å². The summed E-state index contributed by atoms with van der Waals surface area (Å²) in [6.07, 6.45) is -3.34. The number of amides is 1. The van der Waals surface area contributed by atoms with Gasteiger partial charge in [0.2, 0.25) is 5.88 Å². The van der Waals surface area contributed by atoms with Crippen LogP contribution in [0.4, 0.5) is 18.3 Å². The predicted molar refractivity (Wildman–Crippen MR) is 75.9 cm³/mol. The van der Waals surface area contributed by atoms with Crippen LogP contribution in [0.5, 0.6) is 5.88 Å². The minimum Gasteiger partial charge on any atom is -0.467 e. The fourth-order valence-corrected chi connectivity index (χ4v) is 2.23. The molecule has 0 spiro atoms. The number of halogens is 3. The van der Waals surface area contributed by atoms with E-state index in [2.05, 4.69) is 20.0 Å². The predicted octanol–water partition coefficient (Wildman–Crippen LogP) is 2.93. The van der Waals surface area contributed by atoms with Crippen LogP contribution in [0.15, 0.2) is 23.7 Å². The number of nitrogens with zero attached hydrogens (tertiary/aromatic N) is 2. The number of pyridine rings is 1. The monoisotopic (exact) mass is 345 g/mol. The van der Waals surface area contributed by atoms with Crippen molar-refractivity contribution in [1.29, 1.82) is 0 Å². The summed E-state index contributed by atoms with van der Waals surface area (Å²) in [6, 6.07) is 2.66. The molecule has 0 atom stereocenters. The molecule has 0 aliphatic carbocycles. The number of anilines is 1. The zero-order valence-electron chi connectivity index (χ0n) is 11.7. The molecule has 0 unspecified atom stereocenters. The highest BCUT2D eigenvalue weighted by Gasteiger charge is 2.29. The van der Waals surface area contributed by atoms with E-state index in [1.807, 2.05) is 0 Å². The number of ether oxygens (including phenoxy) is 1. The first-order chi connectivity index (χ1) is 10.8. The molecule has 122 valence electrons. The number of ketones is 1. The average molecular weight is 345 g/mol. The molecule has 6 nitrogen and oxygen atoms in total. The molecule has 0 fully saturated rings. The van der Waals surface area contributed by atoms with E-state index in [0.29, 0.717) is 0 Å². The standard InChI is InChI=1S/C13H10F3N3O3S/c1-7(20)9-5-23-12(18-9)19-10(21)8-3-2-4-17-11(8)22-6-13(14,15)16/h2-5H,6H2,1H3,(H,18,19,21). The first-order valence-corrected chi connectivity index (χ1v) is 7.06. The van der Waals surface area contributed by atoms with Gasteiger partial charge in [0.1, 0.15) is 11.3 Å². The Bertz CT molecular complexity index is 730. The van der Waals surface area contributed by atoms with Crippen molar-refractivity contribution in [1.82, 2.24) is 9.97 Å². The number of nitrogens with one attached hydrogen (secondary N) is 1. The number of Topliss-reactive ketones (excluding diaryl/α,β-unsaturated/α-hetero) is 1. The summed E-state index contributed by atoms with van der Waals surface area (Å²) in [7, 11) is 0. The summed E-state index contributed by atoms with van der Waals surface area (Å²) in [5.74, 6) is -1.44. The van der Waals surface area contributed by atoms with E-state index in [1.54, 1.807) is 0 Å². The number of hydrogen-bond donors (Lipinski definition) is 1. The van der Waals surface area contributed by atoms with E-state index in [9.17, 15) is 22.8 Å². The highest BCUT2D eigenvalue weighted by molar-refractivity contribution is 7.14. The van der Waals surface area contributed by atoms with Gasteiger partial charge in [-0.1, -0.05) is 0 Å². The molecule has 0 radical (unpaired) electrons. The van der Waals surface area contributed by atoms with Crippen LogP contribution in [0.1, 0.15) is 27.8 Å². The second-order valence-electron chi connectivity index (χ2n) is 4.31. The van der Waals surface area contributed by atoms with E-state index in [4.69, 9.17) is 0 Å². The maximum atomic E-state index is 12.2. The number of thiazole rings is 1. The number of carbonyl (C=O) groups excluding carboxylic acids is 2. The number of aromatic nitrogens is 2. The van der Waals surface area contributed by atoms with Crippen molar-refractivity contribution in [2.75, 3.05) is 11.9 Å². The lowest BCUT2D eigenvalue weighted by Crippen LogP contribution is -2.22. The SMILES string of the molecule is CC(=O)c1csc(NC(=O)c2cccnc2OCC(F)(F)F)n1. The Labute approximate surface area is 132 Å². The first-order valence-electron chi connectivity index (χ1n) is 6.18. The van der Waals surface area contributed by atoms with Gasteiger partial charge in [0, 0.05) is 18.5 Å². The molecule has 0 aromatic carbocycles. The molecule has 0 saturated heterocycles. The van der Waals surface area contributed by atoms with Crippen LogP contribution < -0.4 is 10.1 Å². The maximum absolute atomic E-state index is 12.2. The van der Waals surface area contributed by atoms with Gasteiger partial charge in [-0.15, -0.1) is 11.3 Å².